The third kappa shape index (κ3) is 4.70. The molecule has 5 rings (SSSR count). The molecule has 8 nitrogen and oxygen atoms in total. The van der Waals surface area contributed by atoms with Gasteiger partial charge in [-0.15, -0.1) is 0 Å². The van der Waals surface area contributed by atoms with Gasteiger partial charge in [-0.1, -0.05) is 24.3 Å². The fraction of sp³-hybridized carbons (Fsp3) is 0.208. The summed E-state index contributed by atoms with van der Waals surface area (Å²) in [5.41, 5.74) is 2.08. The van der Waals surface area contributed by atoms with Crippen LogP contribution < -0.4 is 4.74 Å². The Hall–Kier alpha value is -2.82. The van der Waals surface area contributed by atoms with Gasteiger partial charge in [-0.25, -0.2) is 19.0 Å². The number of benzene rings is 2. The van der Waals surface area contributed by atoms with E-state index in [1.165, 1.54) is 12.1 Å². The number of aliphatic hydroxyl groups is 1. The Kier molecular flexibility index (Phi) is 7.74. The van der Waals surface area contributed by atoms with E-state index in [0.717, 1.165) is 22.7 Å². The van der Waals surface area contributed by atoms with Gasteiger partial charge in [-0.3, -0.25) is 0 Å². The second-order valence-corrected chi connectivity index (χ2v) is 7.82. The van der Waals surface area contributed by atoms with Crippen molar-refractivity contribution in [1.29, 1.82) is 0 Å². The number of halogens is 1. The average molecular weight is 472 g/mol. The zero-order valence-corrected chi connectivity index (χ0v) is 21.2. The van der Waals surface area contributed by atoms with Crippen LogP contribution in [0.3, 0.4) is 0 Å². The minimum atomic E-state index is -1.28. The van der Waals surface area contributed by atoms with E-state index in [4.69, 9.17) is 4.74 Å². The molecule has 1 aliphatic rings. The van der Waals surface area contributed by atoms with Crippen molar-refractivity contribution in [3.8, 4) is 11.4 Å². The van der Waals surface area contributed by atoms with Crippen LogP contribution in [0.4, 0.5) is 4.39 Å². The van der Waals surface area contributed by atoms with Crippen LogP contribution in [-0.4, -0.2) is 71.6 Å². The third-order valence-corrected chi connectivity index (χ3v) is 5.68. The van der Waals surface area contributed by atoms with Gasteiger partial charge < -0.3 is 19.9 Å². The summed E-state index contributed by atoms with van der Waals surface area (Å²) in [5, 5.41) is 15.7. The van der Waals surface area contributed by atoms with E-state index in [1.54, 1.807) is 36.3 Å². The first-order chi connectivity index (χ1) is 15.5. The summed E-state index contributed by atoms with van der Waals surface area (Å²) < 4.78 is 22.5. The maximum Gasteiger partial charge on any atom is 0.174 e. The molecule has 0 bridgehead atoms. The Morgan fingerprint density at radius 2 is 1.91 bits per heavy atom. The summed E-state index contributed by atoms with van der Waals surface area (Å²) in [7, 11) is 1.63. The molecule has 3 heterocycles. The van der Waals surface area contributed by atoms with E-state index in [-0.39, 0.29) is 40.9 Å². The van der Waals surface area contributed by atoms with E-state index in [0.29, 0.717) is 30.2 Å². The molecule has 171 valence electrons. The second kappa shape index (κ2) is 10.2. The second-order valence-electron chi connectivity index (χ2n) is 7.82. The number of imidazole rings is 1. The minimum absolute atomic E-state index is 0. The summed E-state index contributed by atoms with van der Waals surface area (Å²) >= 11 is 0. The van der Waals surface area contributed by atoms with Crippen molar-refractivity contribution in [2.75, 3.05) is 7.11 Å². The quantitative estimate of drug-likeness (QED) is 0.449. The van der Waals surface area contributed by atoms with E-state index in [2.05, 4.69) is 15.1 Å². The van der Waals surface area contributed by atoms with Gasteiger partial charge in [-0.2, -0.15) is 5.10 Å². The predicted octanol–water partition coefficient (Wildman–Crippen LogP) is 2.52. The molecule has 4 aromatic rings. The van der Waals surface area contributed by atoms with Gasteiger partial charge in [0.25, 0.3) is 0 Å². The smallest absolute Gasteiger partial charge is 0.174 e. The van der Waals surface area contributed by atoms with Crippen LogP contribution in [0.25, 0.3) is 17.8 Å². The SMILES string of the molecule is COc1cc(C=Cc2nc3n(n2)CCC3(O)c2ccc(F)cc2)ccc1-n1cnc(C)c1.O.[Na]. The number of hydrogen-bond acceptors (Lipinski definition) is 5. The zero-order valence-electron chi connectivity index (χ0n) is 19.2. The first kappa shape index (κ1) is 25.8. The van der Waals surface area contributed by atoms with Crippen molar-refractivity contribution in [2.45, 2.75) is 25.5 Å². The summed E-state index contributed by atoms with van der Waals surface area (Å²) in [5.74, 6) is 1.33. The number of fused-ring (bicyclic) bond motifs is 1. The maximum atomic E-state index is 13.3. The molecular weight excluding hydrogens is 448 g/mol. The van der Waals surface area contributed by atoms with Gasteiger partial charge in [0.05, 0.1) is 24.8 Å². The maximum absolute atomic E-state index is 13.3. The molecular formula is C24H24FN5NaO3. The topological polar surface area (TPSA) is 109 Å². The van der Waals surface area contributed by atoms with Crippen LogP contribution in [0.2, 0.25) is 0 Å². The molecule has 2 aromatic carbocycles. The predicted molar refractivity (Wildman–Crippen MR) is 127 cm³/mol. The molecule has 0 saturated carbocycles. The number of ether oxygens (including phenoxy) is 1. The van der Waals surface area contributed by atoms with Crippen LogP contribution in [-0.2, 0) is 12.1 Å². The molecule has 34 heavy (non-hydrogen) atoms. The number of methoxy groups -OCH3 is 1. The van der Waals surface area contributed by atoms with Crippen molar-refractivity contribution in [3.05, 3.63) is 89.3 Å². The molecule has 1 atom stereocenters. The molecule has 0 amide bonds. The molecule has 2 aromatic heterocycles. The fourth-order valence-electron chi connectivity index (χ4n) is 4.01. The van der Waals surface area contributed by atoms with Crippen molar-refractivity contribution < 1.29 is 19.7 Å². The molecule has 0 saturated heterocycles. The van der Waals surface area contributed by atoms with Gasteiger partial charge in [0, 0.05) is 48.7 Å². The van der Waals surface area contributed by atoms with Crippen molar-refractivity contribution >= 4 is 41.7 Å². The van der Waals surface area contributed by atoms with Gasteiger partial charge >= 0.3 is 0 Å². The van der Waals surface area contributed by atoms with E-state index < -0.39 is 5.60 Å². The van der Waals surface area contributed by atoms with E-state index in [9.17, 15) is 9.50 Å². The van der Waals surface area contributed by atoms with E-state index >= 15 is 0 Å². The first-order valence-electron chi connectivity index (χ1n) is 10.3. The number of aromatic nitrogens is 5. The molecule has 1 unspecified atom stereocenters. The van der Waals surface area contributed by atoms with Crippen molar-refractivity contribution in [1.82, 2.24) is 24.3 Å². The van der Waals surface area contributed by atoms with Crippen LogP contribution in [0, 0.1) is 12.7 Å². The Labute approximate surface area is 218 Å². The molecule has 0 fully saturated rings. The first-order valence-corrected chi connectivity index (χ1v) is 10.3. The zero-order chi connectivity index (χ0) is 22.3. The minimum Gasteiger partial charge on any atom is -0.495 e. The van der Waals surface area contributed by atoms with Crippen LogP contribution in [0.1, 0.15) is 34.9 Å². The molecule has 3 N–H and O–H groups in total. The number of hydrogen-bond donors (Lipinski definition) is 1. The van der Waals surface area contributed by atoms with Gasteiger partial charge in [-0.05, 0) is 48.4 Å². The van der Waals surface area contributed by atoms with Gasteiger partial charge in [0.15, 0.2) is 17.2 Å². The summed E-state index contributed by atoms with van der Waals surface area (Å²) in [6.07, 6.45) is 7.83. The fourth-order valence-corrected chi connectivity index (χ4v) is 4.01. The number of aryl methyl sites for hydroxylation is 2. The van der Waals surface area contributed by atoms with Crippen LogP contribution in [0.15, 0.2) is 55.0 Å². The monoisotopic (exact) mass is 472 g/mol. The Morgan fingerprint density at radius 3 is 2.59 bits per heavy atom. The summed E-state index contributed by atoms with van der Waals surface area (Å²) in [6.45, 7) is 2.48. The van der Waals surface area contributed by atoms with Crippen molar-refractivity contribution in [3.63, 3.8) is 0 Å². The number of nitrogens with zero attached hydrogens (tertiary/aromatic N) is 5. The normalized spacial score (nSPS) is 16.7. The molecule has 0 spiro atoms. The Morgan fingerprint density at radius 1 is 1.15 bits per heavy atom. The van der Waals surface area contributed by atoms with E-state index in [1.807, 2.05) is 42.0 Å². The standard InChI is InChI=1S/C24H22FN5O2.Na.H2O/c1-16-14-29(15-26-16)20-9-3-17(13-21(20)32-2)4-10-22-27-23-24(31,11-12-30(23)28-22)18-5-7-19(25)8-6-18;;/h3-10,13-15,31H,11-12H2,1-2H3;;1H2. The molecule has 1 aliphatic heterocycles. The molecule has 10 heteroatoms. The average Bonchev–Trinajstić information content (AvgIpc) is 3.49. The van der Waals surface area contributed by atoms with Gasteiger partial charge in [0.1, 0.15) is 11.6 Å². The Bertz CT molecular complexity index is 1320. The van der Waals surface area contributed by atoms with Crippen LogP contribution in [0.5, 0.6) is 5.75 Å². The molecule has 0 aliphatic carbocycles. The van der Waals surface area contributed by atoms with Crippen LogP contribution >= 0.6 is 0 Å². The summed E-state index contributed by atoms with van der Waals surface area (Å²) in [4.78, 5) is 8.81. The third-order valence-electron chi connectivity index (χ3n) is 5.68. The van der Waals surface area contributed by atoms with Gasteiger partial charge in [0.2, 0.25) is 0 Å². The Balaban J connectivity index is 0.00000162. The number of rotatable bonds is 5. The largest absolute Gasteiger partial charge is 0.495 e. The summed E-state index contributed by atoms with van der Waals surface area (Å²) in [6, 6.07) is 11.7. The van der Waals surface area contributed by atoms with Crippen molar-refractivity contribution in [2.24, 2.45) is 0 Å². The molecule has 1 radical (unpaired) electrons.